The predicted octanol–water partition coefficient (Wildman–Crippen LogP) is 4.72. The van der Waals surface area contributed by atoms with Crippen LogP contribution in [0.2, 0.25) is 0 Å². The van der Waals surface area contributed by atoms with Gasteiger partial charge in [0.15, 0.2) is 0 Å². The zero-order valence-electron chi connectivity index (χ0n) is 19.7. The first-order valence-corrected chi connectivity index (χ1v) is 11.8. The topological polar surface area (TPSA) is 82.4 Å². The van der Waals surface area contributed by atoms with Gasteiger partial charge in [0.2, 0.25) is 0 Å². The largest absolute Gasteiger partial charge is 0.357 e. The van der Waals surface area contributed by atoms with Gasteiger partial charge in [0, 0.05) is 55.4 Å². The van der Waals surface area contributed by atoms with E-state index in [-0.39, 0.29) is 18.4 Å². The molecule has 0 radical (unpaired) electrons. The van der Waals surface area contributed by atoms with Crippen LogP contribution >= 0.6 is 0 Å². The van der Waals surface area contributed by atoms with E-state index in [1.54, 1.807) is 12.4 Å². The van der Waals surface area contributed by atoms with E-state index < -0.39 is 17.5 Å². The third-order valence-electron chi connectivity index (χ3n) is 6.07. The molecule has 1 unspecified atom stereocenters. The smallest absolute Gasteiger partial charge is 0.280 e. The van der Waals surface area contributed by atoms with Gasteiger partial charge in [-0.25, -0.2) is 18.5 Å². The van der Waals surface area contributed by atoms with E-state index in [0.29, 0.717) is 12.5 Å². The number of pyridine rings is 2. The maximum Gasteiger partial charge on any atom is 0.280 e. The van der Waals surface area contributed by atoms with Crippen molar-refractivity contribution in [1.29, 1.82) is 0 Å². The molecule has 36 heavy (non-hydrogen) atoms. The molecule has 0 saturated carbocycles. The van der Waals surface area contributed by atoms with Crippen LogP contribution in [0.25, 0.3) is 22.2 Å². The number of nitrogens with zero attached hydrogens (tertiary/aromatic N) is 5. The summed E-state index contributed by atoms with van der Waals surface area (Å²) < 4.78 is 34.6. The maximum absolute atomic E-state index is 13.9. The summed E-state index contributed by atoms with van der Waals surface area (Å²) in [5, 5.41) is 5.40. The van der Waals surface area contributed by atoms with Crippen LogP contribution in [0.5, 0.6) is 0 Å². The molecule has 0 spiro atoms. The molecule has 10 heteroatoms. The second kappa shape index (κ2) is 10.5. The summed E-state index contributed by atoms with van der Waals surface area (Å²) in [5.41, 5.74) is 3.80. The summed E-state index contributed by atoms with van der Waals surface area (Å²) >= 11 is 0. The lowest BCUT2D eigenvalue weighted by Gasteiger charge is -2.22. The number of hydroxylamine groups is 2. The molecule has 0 bridgehead atoms. The number of halogens is 2. The van der Waals surface area contributed by atoms with Crippen molar-refractivity contribution in [1.82, 2.24) is 24.8 Å². The number of hydrogen-bond acceptors (Lipinski definition) is 6. The molecule has 5 rings (SSSR count). The number of aromatic nitrogens is 4. The van der Waals surface area contributed by atoms with E-state index >= 15 is 0 Å². The highest BCUT2D eigenvalue weighted by molar-refractivity contribution is 5.93. The number of fused-ring (bicyclic) bond motifs is 1. The van der Waals surface area contributed by atoms with Crippen molar-refractivity contribution in [2.75, 3.05) is 20.3 Å². The van der Waals surface area contributed by atoms with E-state index in [4.69, 9.17) is 9.57 Å². The van der Waals surface area contributed by atoms with Crippen LogP contribution in [-0.4, -0.2) is 51.0 Å². The fourth-order valence-electron chi connectivity index (χ4n) is 4.10. The summed E-state index contributed by atoms with van der Waals surface area (Å²) in [6, 6.07) is 8.47. The minimum atomic E-state index is -0.938. The van der Waals surface area contributed by atoms with Crippen molar-refractivity contribution < 1.29 is 23.1 Å². The lowest BCUT2D eigenvalue weighted by molar-refractivity contribution is -0.105. The van der Waals surface area contributed by atoms with E-state index in [9.17, 15) is 13.6 Å². The fourth-order valence-corrected chi connectivity index (χ4v) is 4.10. The molecular formula is C26H25F2N5O3. The summed E-state index contributed by atoms with van der Waals surface area (Å²) in [5.74, 6) is -2.39. The Bertz CT molecular complexity index is 1390. The summed E-state index contributed by atoms with van der Waals surface area (Å²) in [7, 11) is 1.38. The monoisotopic (exact) mass is 493 g/mol. The fraction of sp³-hybridized carbons (Fsp3) is 0.308. The Morgan fingerprint density at radius 3 is 2.83 bits per heavy atom. The molecule has 1 fully saturated rings. The molecule has 4 aromatic rings. The van der Waals surface area contributed by atoms with Gasteiger partial charge in [-0.15, -0.1) is 0 Å². The Balaban J connectivity index is 1.24. The first-order chi connectivity index (χ1) is 17.5. The zero-order valence-corrected chi connectivity index (χ0v) is 19.7. The van der Waals surface area contributed by atoms with Crippen LogP contribution < -0.4 is 0 Å². The van der Waals surface area contributed by atoms with Crippen molar-refractivity contribution in [2.45, 2.75) is 31.9 Å². The van der Waals surface area contributed by atoms with E-state index in [1.165, 1.54) is 7.05 Å². The second-order valence-corrected chi connectivity index (χ2v) is 8.61. The molecule has 186 valence electrons. The lowest BCUT2D eigenvalue weighted by Crippen LogP contribution is -2.28. The van der Waals surface area contributed by atoms with Gasteiger partial charge in [0.25, 0.3) is 5.91 Å². The number of carbonyl (C=O) groups is 1. The predicted molar refractivity (Wildman–Crippen MR) is 128 cm³/mol. The zero-order chi connectivity index (χ0) is 25.1. The van der Waals surface area contributed by atoms with Crippen LogP contribution in [0.4, 0.5) is 8.78 Å². The molecule has 1 aliphatic rings. The Hall–Kier alpha value is -3.76. The molecule has 1 amide bonds. The molecule has 0 aliphatic carbocycles. The molecule has 1 aliphatic heterocycles. The summed E-state index contributed by atoms with van der Waals surface area (Å²) in [4.78, 5) is 27.0. The molecule has 4 heterocycles. The van der Waals surface area contributed by atoms with Gasteiger partial charge in [-0.3, -0.25) is 19.6 Å². The van der Waals surface area contributed by atoms with Crippen LogP contribution in [-0.2, 0) is 16.0 Å². The Morgan fingerprint density at radius 1 is 1.14 bits per heavy atom. The molecule has 8 nitrogen and oxygen atoms in total. The van der Waals surface area contributed by atoms with Gasteiger partial charge in [0.1, 0.15) is 17.9 Å². The minimum Gasteiger partial charge on any atom is -0.357 e. The van der Waals surface area contributed by atoms with Gasteiger partial charge in [-0.05, 0) is 49.6 Å². The van der Waals surface area contributed by atoms with Crippen LogP contribution in [0.1, 0.15) is 41.5 Å². The Kier molecular flexibility index (Phi) is 6.97. The van der Waals surface area contributed by atoms with Crippen molar-refractivity contribution in [3.05, 3.63) is 77.9 Å². The standard InChI is InChI=1S/C26H25F2N5O3/c1-32(26(34)21-7-5-19(27)13-22(21)28)36-11-9-20-6-8-23-24(31-20)12-17(14-29-23)18-15-30-33(16-18)25-4-2-3-10-35-25/h5-8,12-16,25H,2-4,9-11H2,1H3. The van der Waals surface area contributed by atoms with Gasteiger partial charge in [-0.2, -0.15) is 5.10 Å². The van der Waals surface area contributed by atoms with Gasteiger partial charge in [0.05, 0.1) is 29.4 Å². The molecule has 1 saturated heterocycles. The SMILES string of the molecule is CN(OCCc1ccc2ncc(-c3cnn(C4CCCCO4)c3)cc2n1)C(=O)c1ccc(F)cc1F. The number of benzene rings is 1. The first kappa shape index (κ1) is 24.0. The number of amides is 1. The van der Waals surface area contributed by atoms with E-state index in [0.717, 1.165) is 70.9 Å². The second-order valence-electron chi connectivity index (χ2n) is 8.61. The van der Waals surface area contributed by atoms with Crippen LogP contribution in [0, 0.1) is 11.6 Å². The summed E-state index contributed by atoms with van der Waals surface area (Å²) in [6.07, 6.45) is 9.10. The average molecular weight is 494 g/mol. The highest BCUT2D eigenvalue weighted by Crippen LogP contribution is 2.26. The normalized spacial score (nSPS) is 15.8. The minimum absolute atomic E-state index is 0.0322. The number of carbonyl (C=O) groups excluding carboxylic acids is 1. The van der Waals surface area contributed by atoms with Crippen molar-refractivity contribution in [2.24, 2.45) is 0 Å². The molecule has 1 aromatic carbocycles. The van der Waals surface area contributed by atoms with E-state index in [1.807, 2.05) is 29.1 Å². The van der Waals surface area contributed by atoms with Crippen LogP contribution in [0.15, 0.2) is 55.0 Å². The number of hydrogen-bond donors (Lipinski definition) is 0. The highest BCUT2D eigenvalue weighted by Gasteiger charge is 2.18. The van der Waals surface area contributed by atoms with Gasteiger partial charge >= 0.3 is 0 Å². The third kappa shape index (κ3) is 5.24. The maximum atomic E-state index is 13.9. The number of rotatable bonds is 7. The molecule has 0 N–H and O–H groups in total. The number of ether oxygens (including phenoxy) is 1. The quantitative estimate of drug-likeness (QED) is 0.347. The van der Waals surface area contributed by atoms with E-state index in [2.05, 4.69) is 15.1 Å². The van der Waals surface area contributed by atoms with Gasteiger partial charge in [-0.1, -0.05) is 0 Å². The lowest BCUT2D eigenvalue weighted by atomic mass is 10.1. The third-order valence-corrected chi connectivity index (χ3v) is 6.07. The summed E-state index contributed by atoms with van der Waals surface area (Å²) in [6.45, 7) is 0.895. The van der Waals surface area contributed by atoms with Gasteiger partial charge < -0.3 is 4.74 Å². The average Bonchev–Trinajstić information content (AvgIpc) is 3.39. The van der Waals surface area contributed by atoms with Crippen molar-refractivity contribution in [3.8, 4) is 11.1 Å². The van der Waals surface area contributed by atoms with Crippen molar-refractivity contribution in [3.63, 3.8) is 0 Å². The Morgan fingerprint density at radius 2 is 2.03 bits per heavy atom. The first-order valence-electron chi connectivity index (χ1n) is 11.8. The van der Waals surface area contributed by atoms with Crippen molar-refractivity contribution >= 4 is 16.9 Å². The highest BCUT2D eigenvalue weighted by atomic mass is 19.1. The molecule has 1 atom stereocenters. The molecule has 3 aromatic heterocycles. The Labute approximate surface area is 206 Å². The van der Waals surface area contributed by atoms with Crippen LogP contribution in [0.3, 0.4) is 0 Å². The molecular weight excluding hydrogens is 468 g/mol.